The number of anilines is 5. The number of aromatic nitrogens is 5. The maximum atomic E-state index is 13.3. The summed E-state index contributed by atoms with van der Waals surface area (Å²) in [7, 11) is 0. The van der Waals surface area contributed by atoms with Crippen LogP contribution in [0.15, 0.2) is 91.4 Å². The van der Waals surface area contributed by atoms with E-state index in [9.17, 15) is 14.4 Å². The molecule has 0 bridgehead atoms. The Balaban J connectivity index is 0.788. The number of carbonyl (C=O) groups excluding carboxylic acids is 3. The van der Waals surface area contributed by atoms with E-state index in [0.29, 0.717) is 42.1 Å². The Morgan fingerprint density at radius 1 is 0.875 bits per heavy atom. The molecule has 15 nitrogen and oxygen atoms in total. The minimum Gasteiger partial charge on any atom is -0.371 e. The van der Waals surface area contributed by atoms with Crippen molar-refractivity contribution in [3.8, 4) is 11.3 Å². The quantitative estimate of drug-likeness (QED) is 0.178. The van der Waals surface area contributed by atoms with Crippen molar-refractivity contribution in [2.75, 3.05) is 66.2 Å². The Kier molecular flexibility index (Phi) is 10.9. The fraction of sp³-hybridized carbons (Fsp3) is 0.317. The maximum absolute atomic E-state index is 13.3. The van der Waals surface area contributed by atoms with Gasteiger partial charge in [-0.2, -0.15) is 5.10 Å². The van der Waals surface area contributed by atoms with Gasteiger partial charge in [0.25, 0.3) is 5.91 Å². The lowest BCUT2D eigenvalue weighted by Gasteiger charge is -2.43. The van der Waals surface area contributed by atoms with Crippen LogP contribution in [-0.2, 0) is 11.3 Å². The van der Waals surface area contributed by atoms with Crippen molar-refractivity contribution in [2.45, 2.75) is 38.8 Å². The van der Waals surface area contributed by atoms with E-state index >= 15 is 0 Å². The molecular formula is C41H44N12O3. The van der Waals surface area contributed by atoms with E-state index in [4.69, 9.17) is 0 Å². The standard InChI is InChI=1S/C41H44N12O3/c1-28-4-7-31(25-36(28)46-40-43-17-12-35(45-40)30-3-2-16-42-26-30)44-39(55)29-5-9-33(10-6-29)51-18-13-34(14-19-51)52-23-21-50(22-24-52)27-32-8-11-37(49-48-32)53-20-15-38(54)47-41(53)56/h2-12,16-17,25-26,34H,13-15,18-24,27H2,1H3,(H,44,55)(H,43,45,46)(H,47,54,56). The number of amides is 4. The van der Waals surface area contributed by atoms with Gasteiger partial charge in [-0.15, -0.1) is 5.10 Å². The molecule has 0 atom stereocenters. The van der Waals surface area contributed by atoms with Gasteiger partial charge in [0.2, 0.25) is 11.9 Å². The summed E-state index contributed by atoms with van der Waals surface area (Å²) in [5.41, 5.74) is 6.72. The van der Waals surface area contributed by atoms with E-state index in [1.165, 1.54) is 4.90 Å². The van der Waals surface area contributed by atoms with Gasteiger partial charge in [-0.1, -0.05) is 6.07 Å². The molecule has 3 saturated heterocycles. The Labute approximate surface area is 325 Å². The van der Waals surface area contributed by atoms with Crippen LogP contribution in [0.4, 0.5) is 33.6 Å². The first-order valence-corrected chi connectivity index (χ1v) is 19.0. The molecule has 2 aromatic carbocycles. The number of carbonyl (C=O) groups is 3. The smallest absolute Gasteiger partial charge is 0.329 e. The van der Waals surface area contributed by atoms with Crippen molar-refractivity contribution < 1.29 is 14.4 Å². The second-order valence-electron chi connectivity index (χ2n) is 14.3. The van der Waals surface area contributed by atoms with Crippen molar-refractivity contribution in [2.24, 2.45) is 0 Å². The highest BCUT2D eigenvalue weighted by Gasteiger charge is 2.29. The lowest BCUT2D eigenvalue weighted by molar-refractivity contribution is -0.120. The Morgan fingerprint density at radius 3 is 2.43 bits per heavy atom. The monoisotopic (exact) mass is 752 g/mol. The van der Waals surface area contributed by atoms with Crippen LogP contribution in [0.3, 0.4) is 0 Å². The molecule has 0 saturated carbocycles. The minimum absolute atomic E-state index is 0.173. The third-order valence-corrected chi connectivity index (χ3v) is 10.7. The molecule has 0 aliphatic carbocycles. The molecule has 3 aromatic heterocycles. The molecule has 56 heavy (non-hydrogen) atoms. The van der Waals surface area contributed by atoms with E-state index in [1.54, 1.807) is 24.7 Å². The fourth-order valence-electron chi connectivity index (χ4n) is 7.44. The molecule has 0 radical (unpaired) electrons. The van der Waals surface area contributed by atoms with Gasteiger partial charge in [-0.25, -0.2) is 14.8 Å². The average molecular weight is 753 g/mol. The first kappa shape index (κ1) is 36.6. The molecule has 0 unspecified atom stereocenters. The first-order valence-electron chi connectivity index (χ1n) is 19.0. The number of hydrogen-bond acceptors (Lipinski definition) is 12. The van der Waals surface area contributed by atoms with Gasteiger partial charge in [0.15, 0.2) is 5.82 Å². The number of nitrogens with zero attached hydrogens (tertiary/aromatic N) is 9. The predicted molar refractivity (Wildman–Crippen MR) is 214 cm³/mol. The zero-order valence-electron chi connectivity index (χ0n) is 31.3. The molecule has 8 rings (SSSR count). The molecule has 3 N–H and O–H groups in total. The summed E-state index contributed by atoms with van der Waals surface area (Å²) in [4.78, 5) is 58.9. The average Bonchev–Trinajstić information content (AvgIpc) is 3.23. The number of aryl methyl sites for hydroxylation is 1. The summed E-state index contributed by atoms with van der Waals surface area (Å²) in [6.07, 6.45) is 7.64. The van der Waals surface area contributed by atoms with Crippen molar-refractivity contribution in [3.63, 3.8) is 0 Å². The summed E-state index contributed by atoms with van der Waals surface area (Å²) in [6, 6.07) is 23.1. The molecule has 15 heteroatoms. The number of piperidine rings is 1. The number of benzene rings is 2. The van der Waals surface area contributed by atoms with Gasteiger partial charge in [0.1, 0.15) is 0 Å². The van der Waals surface area contributed by atoms with Crippen LogP contribution in [-0.4, -0.2) is 105 Å². The zero-order valence-corrected chi connectivity index (χ0v) is 31.3. The van der Waals surface area contributed by atoms with Crippen LogP contribution in [0.5, 0.6) is 0 Å². The topological polar surface area (TPSA) is 165 Å². The fourth-order valence-corrected chi connectivity index (χ4v) is 7.44. The zero-order chi connectivity index (χ0) is 38.4. The Bertz CT molecular complexity index is 2170. The lowest BCUT2D eigenvalue weighted by atomic mass is 10.0. The van der Waals surface area contributed by atoms with Crippen molar-refractivity contribution in [1.29, 1.82) is 0 Å². The number of imide groups is 1. The number of rotatable bonds is 10. The number of hydrogen-bond donors (Lipinski definition) is 3. The van der Waals surface area contributed by atoms with Gasteiger partial charge < -0.3 is 15.5 Å². The highest BCUT2D eigenvalue weighted by Crippen LogP contribution is 2.27. The van der Waals surface area contributed by atoms with Crippen molar-refractivity contribution in [1.82, 2.24) is 40.3 Å². The lowest BCUT2D eigenvalue weighted by Crippen LogP contribution is -2.53. The predicted octanol–water partition coefficient (Wildman–Crippen LogP) is 4.87. The number of urea groups is 1. The number of piperazine rings is 1. The molecule has 286 valence electrons. The van der Waals surface area contributed by atoms with E-state index in [-0.39, 0.29) is 18.2 Å². The summed E-state index contributed by atoms with van der Waals surface area (Å²) in [5, 5.41) is 17.3. The SMILES string of the molecule is Cc1ccc(NC(=O)c2ccc(N3CCC(N4CCN(Cc5ccc(N6CCC(=O)NC6=O)nn5)CC4)CC3)cc2)cc1Nc1nccc(-c2cccnc2)n1. The molecule has 4 amide bonds. The largest absolute Gasteiger partial charge is 0.371 e. The molecule has 3 aliphatic rings. The van der Waals surface area contributed by atoms with Crippen LogP contribution >= 0.6 is 0 Å². The highest BCUT2D eigenvalue weighted by atomic mass is 16.2. The van der Waals surface area contributed by atoms with E-state index < -0.39 is 6.03 Å². The van der Waals surface area contributed by atoms with Crippen LogP contribution < -0.4 is 25.8 Å². The van der Waals surface area contributed by atoms with E-state index in [1.807, 2.05) is 73.7 Å². The van der Waals surface area contributed by atoms with Crippen LogP contribution in [0.25, 0.3) is 11.3 Å². The van der Waals surface area contributed by atoms with Gasteiger partial charge in [0, 0.05) is 112 Å². The maximum Gasteiger partial charge on any atom is 0.329 e. The molecule has 6 heterocycles. The van der Waals surface area contributed by atoms with Crippen LogP contribution in [0.1, 0.15) is 40.9 Å². The van der Waals surface area contributed by atoms with E-state index in [2.05, 4.69) is 55.8 Å². The van der Waals surface area contributed by atoms with Crippen molar-refractivity contribution >= 4 is 46.7 Å². The third-order valence-electron chi connectivity index (χ3n) is 10.7. The summed E-state index contributed by atoms with van der Waals surface area (Å²) >= 11 is 0. The second kappa shape index (κ2) is 16.6. The van der Waals surface area contributed by atoms with Gasteiger partial charge in [-0.3, -0.25) is 34.6 Å². The molecule has 3 fully saturated rings. The molecule has 0 spiro atoms. The Hall–Kier alpha value is -6.32. The summed E-state index contributed by atoms with van der Waals surface area (Å²) in [6.45, 7) is 8.88. The number of nitrogens with one attached hydrogen (secondary N) is 3. The van der Waals surface area contributed by atoms with Gasteiger partial charge in [0.05, 0.1) is 11.4 Å². The minimum atomic E-state index is -0.455. The first-order chi connectivity index (χ1) is 27.3. The van der Waals surface area contributed by atoms with Gasteiger partial charge in [-0.05, 0) is 92.1 Å². The highest BCUT2D eigenvalue weighted by molar-refractivity contribution is 6.05. The normalized spacial score (nSPS) is 17.1. The summed E-state index contributed by atoms with van der Waals surface area (Å²) < 4.78 is 0. The molecule has 5 aromatic rings. The number of pyridine rings is 1. The summed E-state index contributed by atoms with van der Waals surface area (Å²) in [5.74, 6) is 0.469. The molecular weight excluding hydrogens is 709 g/mol. The van der Waals surface area contributed by atoms with Gasteiger partial charge >= 0.3 is 6.03 Å². The van der Waals surface area contributed by atoms with Crippen LogP contribution in [0.2, 0.25) is 0 Å². The second-order valence-corrected chi connectivity index (χ2v) is 14.3. The van der Waals surface area contributed by atoms with Crippen LogP contribution in [0, 0.1) is 6.92 Å². The molecule has 3 aliphatic heterocycles. The Morgan fingerprint density at radius 2 is 1.70 bits per heavy atom. The third kappa shape index (κ3) is 8.64. The van der Waals surface area contributed by atoms with E-state index in [0.717, 1.165) is 86.0 Å². The van der Waals surface area contributed by atoms with Crippen molar-refractivity contribution in [3.05, 3.63) is 108 Å².